The first-order chi connectivity index (χ1) is 9.33. The summed E-state index contributed by atoms with van der Waals surface area (Å²) in [6, 6.07) is -0.736. The number of carbonyl (C=O) groups is 2. The summed E-state index contributed by atoms with van der Waals surface area (Å²) in [5.41, 5.74) is 0.00743. The molecule has 1 aliphatic carbocycles. The topological polar surface area (TPSA) is 91.3 Å². The fraction of sp³-hybridized carbons (Fsp3) is 0.615. The van der Waals surface area contributed by atoms with Crippen molar-refractivity contribution < 1.29 is 14.7 Å². The van der Waals surface area contributed by atoms with E-state index in [0.29, 0.717) is 18.0 Å². The predicted octanol–water partition coefficient (Wildman–Crippen LogP) is 2.52. The molecular weight excluding hydrogens is 278 g/mol. The Labute approximate surface area is 121 Å². The van der Waals surface area contributed by atoms with Crippen molar-refractivity contribution in [3.05, 3.63) is 10.6 Å². The number of anilines is 1. The molecule has 1 aromatic heterocycles. The number of nitrogens with zero attached hydrogens (tertiary/aromatic N) is 1. The minimum atomic E-state index is -0.883. The zero-order valence-corrected chi connectivity index (χ0v) is 12.6. The summed E-state index contributed by atoms with van der Waals surface area (Å²) >= 11 is 1.41. The molecule has 2 atom stereocenters. The third kappa shape index (κ3) is 2.77. The lowest BCUT2D eigenvalue weighted by Crippen LogP contribution is -2.48. The van der Waals surface area contributed by atoms with Crippen molar-refractivity contribution in [2.75, 3.05) is 5.32 Å². The van der Waals surface area contributed by atoms with Crippen LogP contribution in [0.5, 0.6) is 0 Å². The van der Waals surface area contributed by atoms with Gasteiger partial charge in [-0.25, -0.2) is 9.78 Å². The van der Waals surface area contributed by atoms with Crippen LogP contribution in [-0.2, 0) is 4.79 Å². The van der Waals surface area contributed by atoms with Gasteiger partial charge in [0.1, 0.15) is 0 Å². The van der Waals surface area contributed by atoms with Crippen LogP contribution in [0.3, 0.4) is 0 Å². The summed E-state index contributed by atoms with van der Waals surface area (Å²) in [5, 5.41) is 15.3. The van der Waals surface area contributed by atoms with E-state index in [9.17, 15) is 14.7 Å². The summed E-state index contributed by atoms with van der Waals surface area (Å²) in [4.78, 5) is 28.6. The number of rotatable bonds is 3. The maximum Gasteiger partial charge on any atom is 0.321 e. The number of hydrogen-bond acceptors (Lipinski definition) is 4. The largest absolute Gasteiger partial charge is 0.481 e. The minimum Gasteiger partial charge on any atom is -0.481 e. The smallest absolute Gasteiger partial charge is 0.321 e. The van der Waals surface area contributed by atoms with Crippen LogP contribution in [0.25, 0.3) is 0 Å². The molecule has 2 unspecified atom stereocenters. The Hall–Kier alpha value is -1.63. The lowest BCUT2D eigenvalue weighted by molar-refractivity contribution is -0.148. The van der Waals surface area contributed by atoms with Crippen molar-refractivity contribution in [2.24, 2.45) is 5.41 Å². The lowest BCUT2D eigenvalue weighted by atomic mass is 9.85. The van der Waals surface area contributed by atoms with E-state index in [0.717, 1.165) is 17.0 Å². The molecule has 0 aromatic carbocycles. The van der Waals surface area contributed by atoms with Crippen molar-refractivity contribution in [3.8, 4) is 0 Å². The molecule has 6 nitrogen and oxygen atoms in total. The number of amides is 2. The van der Waals surface area contributed by atoms with Crippen molar-refractivity contribution in [3.63, 3.8) is 0 Å². The van der Waals surface area contributed by atoms with Gasteiger partial charge in [0.25, 0.3) is 0 Å². The first kappa shape index (κ1) is 14.8. The van der Waals surface area contributed by atoms with Crippen LogP contribution in [0.4, 0.5) is 9.93 Å². The summed E-state index contributed by atoms with van der Waals surface area (Å²) in [5.74, 6) is -0.860. The van der Waals surface area contributed by atoms with Crippen molar-refractivity contribution in [2.45, 2.75) is 46.1 Å². The Kier molecular flexibility index (Phi) is 3.99. The normalized spacial score (nSPS) is 25.4. The molecule has 2 rings (SSSR count). The average molecular weight is 297 g/mol. The molecule has 0 spiro atoms. The zero-order valence-electron chi connectivity index (χ0n) is 11.8. The Bertz CT molecular complexity index is 523. The second kappa shape index (κ2) is 5.40. The van der Waals surface area contributed by atoms with E-state index in [4.69, 9.17) is 0 Å². The number of hydrogen-bond donors (Lipinski definition) is 3. The van der Waals surface area contributed by atoms with Crippen molar-refractivity contribution in [1.29, 1.82) is 0 Å². The molecule has 7 heteroatoms. The maximum absolute atomic E-state index is 12.0. The van der Waals surface area contributed by atoms with Crippen LogP contribution < -0.4 is 10.6 Å². The third-order valence-corrected chi connectivity index (χ3v) is 4.99. The van der Waals surface area contributed by atoms with Gasteiger partial charge in [-0.3, -0.25) is 10.1 Å². The van der Waals surface area contributed by atoms with Crippen LogP contribution in [0, 0.1) is 19.3 Å². The summed E-state index contributed by atoms with van der Waals surface area (Å²) in [6.07, 6.45) is 2.08. The van der Waals surface area contributed by atoms with Gasteiger partial charge in [-0.1, -0.05) is 6.42 Å². The maximum atomic E-state index is 12.0. The fourth-order valence-corrected chi connectivity index (χ4v) is 3.28. The second-order valence-corrected chi connectivity index (χ2v) is 6.63. The lowest BCUT2D eigenvalue weighted by Gasteiger charge is -2.27. The molecule has 3 N–H and O–H groups in total. The second-order valence-electron chi connectivity index (χ2n) is 5.43. The quantitative estimate of drug-likeness (QED) is 0.799. The van der Waals surface area contributed by atoms with Crippen LogP contribution in [-0.4, -0.2) is 28.1 Å². The van der Waals surface area contributed by atoms with Gasteiger partial charge in [0.05, 0.1) is 11.1 Å². The first-order valence-corrected chi connectivity index (χ1v) is 7.39. The van der Waals surface area contributed by atoms with E-state index in [1.165, 1.54) is 11.3 Å². The summed E-state index contributed by atoms with van der Waals surface area (Å²) < 4.78 is 0. The highest BCUT2D eigenvalue weighted by atomic mass is 32.1. The van der Waals surface area contributed by atoms with Gasteiger partial charge in [-0.2, -0.15) is 0 Å². The number of nitrogens with one attached hydrogen (secondary N) is 2. The van der Waals surface area contributed by atoms with Gasteiger partial charge in [0, 0.05) is 10.9 Å². The van der Waals surface area contributed by atoms with Crippen LogP contribution in [0.2, 0.25) is 0 Å². The van der Waals surface area contributed by atoms with Gasteiger partial charge >= 0.3 is 12.0 Å². The van der Waals surface area contributed by atoms with Crippen LogP contribution in [0.1, 0.15) is 36.8 Å². The Balaban J connectivity index is 1.99. The first-order valence-electron chi connectivity index (χ1n) is 6.58. The number of carboxylic acids is 1. The molecule has 0 aliphatic heterocycles. The molecule has 2 amide bonds. The van der Waals surface area contributed by atoms with E-state index in [1.54, 1.807) is 6.92 Å². The summed E-state index contributed by atoms with van der Waals surface area (Å²) in [6.45, 7) is 5.51. The Morgan fingerprint density at radius 2 is 2.15 bits per heavy atom. The van der Waals surface area contributed by atoms with E-state index in [2.05, 4.69) is 15.6 Å². The average Bonchev–Trinajstić information content (AvgIpc) is 2.85. The SMILES string of the molecule is Cc1nc(NC(=O)NC2CCCC2(C)C(=O)O)sc1C. The molecule has 1 aliphatic rings. The van der Waals surface area contributed by atoms with E-state index < -0.39 is 17.4 Å². The van der Waals surface area contributed by atoms with Gasteiger partial charge in [0.15, 0.2) is 5.13 Å². The molecule has 0 radical (unpaired) electrons. The number of carboxylic acid groups (broad SMARTS) is 1. The van der Waals surface area contributed by atoms with Gasteiger partial charge in [0.2, 0.25) is 0 Å². The van der Waals surface area contributed by atoms with Crippen LogP contribution in [0.15, 0.2) is 0 Å². The van der Waals surface area contributed by atoms with Gasteiger partial charge in [-0.15, -0.1) is 11.3 Å². The Morgan fingerprint density at radius 1 is 1.45 bits per heavy atom. The monoisotopic (exact) mass is 297 g/mol. The molecule has 0 bridgehead atoms. The van der Waals surface area contributed by atoms with Crippen molar-refractivity contribution >= 4 is 28.5 Å². The molecule has 20 heavy (non-hydrogen) atoms. The molecule has 1 aromatic rings. The summed E-state index contributed by atoms with van der Waals surface area (Å²) in [7, 11) is 0. The minimum absolute atomic E-state index is 0.345. The number of carbonyl (C=O) groups excluding carboxylic acids is 1. The Morgan fingerprint density at radius 3 is 2.70 bits per heavy atom. The molecule has 1 saturated carbocycles. The number of aryl methyl sites for hydroxylation is 2. The van der Waals surface area contributed by atoms with E-state index in [1.807, 2.05) is 13.8 Å². The number of thiazole rings is 1. The molecule has 0 saturated heterocycles. The van der Waals surface area contributed by atoms with Gasteiger partial charge in [-0.05, 0) is 33.6 Å². The third-order valence-electron chi connectivity index (χ3n) is 4.00. The standard InChI is InChI=1S/C13H19N3O3S/c1-7-8(2)20-12(14-7)16-11(19)15-9-5-4-6-13(9,3)10(17)18/h9H,4-6H2,1-3H3,(H,17,18)(H2,14,15,16,19). The molecular formula is C13H19N3O3S. The van der Waals surface area contributed by atoms with E-state index >= 15 is 0 Å². The number of urea groups is 1. The molecule has 1 heterocycles. The fourth-order valence-electron chi connectivity index (χ4n) is 2.47. The molecule has 1 fully saturated rings. The van der Waals surface area contributed by atoms with Gasteiger partial charge < -0.3 is 10.4 Å². The van der Waals surface area contributed by atoms with E-state index in [-0.39, 0.29) is 6.04 Å². The highest BCUT2D eigenvalue weighted by molar-refractivity contribution is 7.15. The zero-order chi connectivity index (χ0) is 14.9. The number of aliphatic carboxylic acids is 1. The molecule has 110 valence electrons. The van der Waals surface area contributed by atoms with Crippen LogP contribution >= 0.6 is 11.3 Å². The predicted molar refractivity (Wildman–Crippen MR) is 77.1 cm³/mol. The highest BCUT2D eigenvalue weighted by Crippen LogP contribution is 2.38. The van der Waals surface area contributed by atoms with Crippen molar-refractivity contribution in [1.82, 2.24) is 10.3 Å². The highest BCUT2D eigenvalue weighted by Gasteiger charge is 2.45. The number of aromatic nitrogens is 1.